The third-order valence-electron chi connectivity index (χ3n) is 4.87. The van der Waals surface area contributed by atoms with Gasteiger partial charge in [-0.3, -0.25) is 19.3 Å². The van der Waals surface area contributed by atoms with Crippen LogP contribution in [0.3, 0.4) is 0 Å². The normalized spacial score (nSPS) is 14.0. The predicted octanol–water partition coefficient (Wildman–Crippen LogP) is 2.60. The first-order valence-electron chi connectivity index (χ1n) is 9.15. The Labute approximate surface area is 163 Å². The van der Waals surface area contributed by atoms with Gasteiger partial charge in [0, 0.05) is 20.0 Å². The van der Waals surface area contributed by atoms with Gasteiger partial charge in [-0.15, -0.1) is 0 Å². The SMILES string of the molecule is Cc1ccc2c(c1)C(=O)N(C(CCC=O)C(=O)N(C)Cc1ccccc1)C2=O. The van der Waals surface area contributed by atoms with Crippen LogP contribution < -0.4 is 0 Å². The number of imide groups is 1. The Morgan fingerprint density at radius 3 is 2.43 bits per heavy atom. The number of aryl methyl sites for hydroxylation is 1. The van der Waals surface area contributed by atoms with Crippen molar-refractivity contribution in [1.29, 1.82) is 0 Å². The van der Waals surface area contributed by atoms with E-state index >= 15 is 0 Å². The van der Waals surface area contributed by atoms with E-state index in [-0.39, 0.29) is 18.7 Å². The second-order valence-electron chi connectivity index (χ2n) is 6.97. The summed E-state index contributed by atoms with van der Waals surface area (Å²) in [7, 11) is 1.63. The zero-order valence-electron chi connectivity index (χ0n) is 15.9. The Morgan fingerprint density at radius 2 is 1.75 bits per heavy atom. The fourth-order valence-electron chi connectivity index (χ4n) is 3.43. The van der Waals surface area contributed by atoms with Crippen LogP contribution in [-0.4, -0.2) is 46.9 Å². The number of carbonyl (C=O) groups is 4. The summed E-state index contributed by atoms with van der Waals surface area (Å²) in [6.45, 7) is 2.18. The van der Waals surface area contributed by atoms with Gasteiger partial charge in [-0.05, 0) is 31.0 Å². The monoisotopic (exact) mass is 378 g/mol. The van der Waals surface area contributed by atoms with Crippen LogP contribution in [0.15, 0.2) is 48.5 Å². The molecule has 0 aromatic heterocycles. The van der Waals surface area contributed by atoms with Gasteiger partial charge in [-0.25, -0.2) is 0 Å². The molecule has 144 valence electrons. The van der Waals surface area contributed by atoms with Crippen molar-refractivity contribution < 1.29 is 19.2 Å². The Bertz CT molecular complexity index is 923. The van der Waals surface area contributed by atoms with E-state index in [0.717, 1.165) is 16.0 Å². The molecule has 0 aliphatic carbocycles. The van der Waals surface area contributed by atoms with Crippen molar-refractivity contribution in [3.63, 3.8) is 0 Å². The van der Waals surface area contributed by atoms with E-state index in [1.165, 1.54) is 4.90 Å². The molecule has 0 spiro atoms. The minimum atomic E-state index is -1.01. The molecule has 1 unspecified atom stereocenters. The number of aldehydes is 1. The summed E-state index contributed by atoms with van der Waals surface area (Å²) < 4.78 is 0. The second-order valence-corrected chi connectivity index (χ2v) is 6.97. The van der Waals surface area contributed by atoms with Crippen LogP contribution >= 0.6 is 0 Å². The zero-order valence-corrected chi connectivity index (χ0v) is 15.9. The Morgan fingerprint density at radius 1 is 1.07 bits per heavy atom. The maximum atomic E-state index is 13.1. The molecule has 1 heterocycles. The average Bonchev–Trinajstić information content (AvgIpc) is 2.93. The second kappa shape index (κ2) is 8.17. The number of benzene rings is 2. The van der Waals surface area contributed by atoms with Crippen LogP contribution in [0.25, 0.3) is 0 Å². The van der Waals surface area contributed by atoms with Gasteiger partial charge in [0.25, 0.3) is 11.8 Å². The van der Waals surface area contributed by atoms with Crippen LogP contribution in [0.2, 0.25) is 0 Å². The summed E-state index contributed by atoms with van der Waals surface area (Å²) in [4.78, 5) is 52.3. The fraction of sp³-hybridized carbons (Fsp3) is 0.273. The molecule has 0 bridgehead atoms. The van der Waals surface area contributed by atoms with E-state index in [1.54, 1.807) is 25.2 Å². The maximum absolute atomic E-state index is 13.1. The summed E-state index contributed by atoms with van der Waals surface area (Å²) in [5.41, 5.74) is 2.40. The quantitative estimate of drug-likeness (QED) is 0.548. The molecular formula is C22H22N2O4. The summed E-state index contributed by atoms with van der Waals surface area (Å²) in [6.07, 6.45) is 0.883. The third kappa shape index (κ3) is 3.71. The van der Waals surface area contributed by atoms with Gasteiger partial charge >= 0.3 is 0 Å². The standard InChI is InChI=1S/C22H22N2O4/c1-15-10-11-17-18(13-15)21(27)24(20(17)26)19(9-6-12-25)22(28)23(2)14-16-7-4-3-5-8-16/h3-5,7-8,10-13,19H,6,9,14H2,1-2H3. The van der Waals surface area contributed by atoms with Crippen molar-refractivity contribution in [2.24, 2.45) is 0 Å². The lowest BCUT2D eigenvalue weighted by molar-refractivity contribution is -0.135. The summed E-state index contributed by atoms with van der Waals surface area (Å²) in [6, 6.07) is 13.5. The van der Waals surface area contributed by atoms with Crippen molar-refractivity contribution in [2.45, 2.75) is 32.4 Å². The molecule has 3 rings (SSSR count). The number of hydrogen-bond donors (Lipinski definition) is 0. The lowest BCUT2D eigenvalue weighted by atomic mass is 10.1. The molecule has 0 saturated carbocycles. The van der Waals surface area contributed by atoms with E-state index in [2.05, 4.69) is 0 Å². The molecule has 0 radical (unpaired) electrons. The molecule has 6 nitrogen and oxygen atoms in total. The zero-order chi connectivity index (χ0) is 20.3. The van der Waals surface area contributed by atoms with E-state index in [9.17, 15) is 19.2 Å². The average molecular weight is 378 g/mol. The number of hydrogen-bond acceptors (Lipinski definition) is 4. The van der Waals surface area contributed by atoms with Crippen LogP contribution in [0.5, 0.6) is 0 Å². The van der Waals surface area contributed by atoms with Crippen molar-refractivity contribution in [1.82, 2.24) is 9.80 Å². The molecule has 3 amide bonds. The molecule has 1 atom stereocenters. The number of rotatable bonds is 7. The molecule has 0 saturated heterocycles. The number of likely N-dealkylation sites (N-methyl/N-ethyl adjacent to an activating group) is 1. The Balaban J connectivity index is 1.87. The molecule has 0 N–H and O–H groups in total. The summed E-state index contributed by atoms with van der Waals surface area (Å²) in [5, 5.41) is 0. The smallest absolute Gasteiger partial charge is 0.262 e. The topological polar surface area (TPSA) is 74.8 Å². The largest absolute Gasteiger partial charge is 0.340 e. The molecule has 28 heavy (non-hydrogen) atoms. The highest BCUT2D eigenvalue weighted by atomic mass is 16.2. The summed E-state index contributed by atoms with van der Waals surface area (Å²) in [5.74, 6) is -1.34. The van der Waals surface area contributed by atoms with Gasteiger partial charge < -0.3 is 9.69 Å². The van der Waals surface area contributed by atoms with Gasteiger partial charge in [0.2, 0.25) is 5.91 Å². The lowest BCUT2D eigenvalue weighted by Crippen LogP contribution is -2.49. The van der Waals surface area contributed by atoms with Gasteiger partial charge in [0.15, 0.2) is 0 Å². The molecular weight excluding hydrogens is 356 g/mol. The van der Waals surface area contributed by atoms with Gasteiger partial charge in [0.05, 0.1) is 11.1 Å². The fourth-order valence-corrected chi connectivity index (χ4v) is 3.43. The van der Waals surface area contributed by atoms with Crippen LogP contribution in [0, 0.1) is 6.92 Å². The Kier molecular flexibility index (Phi) is 5.68. The third-order valence-corrected chi connectivity index (χ3v) is 4.87. The molecule has 2 aromatic carbocycles. The molecule has 1 aliphatic rings. The first kappa shape index (κ1) is 19.5. The van der Waals surface area contributed by atoms with E-state index in [4.69, 9.17) is 0 Å². The highest BCUT2D eigenvalue weighted by molar-refractivity contribution is 6.23. The minimum absolute atomic E-state index is 0.0853. The number of amides is 3. The summed E-state index contributed by atoms with van der Waals surface area (Å²) >= 11 is 0. The van der Waals surface area contributed by atoms with Crippen LogP contribution in [0.1, 0.15) is 44.7 Å². The van der Waals surface area contributed by atoms with Gasteiger partial charge in [-0.2, -0.15) is 0 Å². The molecule has 0 fully saturated rings. The molecule has 6 heteroatoms. The molecule has 2 aromatic rings. The van der Waals surface area contributed by atoms with E-state index in [0.29, 0.717) is 24.0 Å². The van der Waals surface area contributed by atoms with Crippen LogP contribution in [-0.2, 0) is 16.1 Å². The van der Waals surface area contributed by atoms with Gasteiger partial charge in [0.1, 0.15) is 12.3 Å². The van der Waals surface area contributed by atoms with Gasteiger partial charge in [-0.1, -0.05) is 42.0 Å². The highest BCUT2D eigenvalue weighted by Crippen LogP contribution is 2.28. The first-order valence-corrected chi connectivity index (χ1v) is 9.15. The van der Waals surface area contributed by atoms with Crippen molar-refractivity contribution >= 4 is 24.0 Å². The predicted molar refractivity (Wildman–Crippen MR) is 104 cm³/mol. The maximum Gasteiger partial charge on any atom is 0.262 e. The van der Waals surface area contributed by atoms with E-state index in [1.807, 2.05) is 37.3 Å². The minimum Gasteiger partial charge on any atom is -0.340 e. The first-order chi connectivity index (χ1) is 13.4. The highest BCUT2D eigenvalue weighted by Gasteiger charge is 2.43. The van der Waals surface area contributed by atoms with E-state index < -0.39 is 17.9 Å². The van der Waals surface area contributed by atoms with Crippen molar-refractivity contribution in [3.8, 4) is 0 Å². The molecule has 1 aliphatic heterocycles. The van der Waals surface area contributed by atoms with Crippen molar-refractivity contribution in [2.75, 3.05) is 7.05 Å². The van der Waals surface area contributed by atoms with Crippen molar-refractivity contribution in [3.05, 3.63) is 70.8 Å². The Hall–Kier alpha value is -3.28. The van der Waals surface area contributed by atoms with Crippen LogP contribution in [0.4, 0.5) is 0 Å². The number of carbonyl (C=O) groups excluding carboxylic acids is 4. The number of fused-ring (bicyclic) bond motifs is 1. The lowest BCUT2D eigenvalue weighted by Gasteiger charge is -2.29. The number of nitrogens with zero attached hydrogens (tertiary/aromatic N) is 2.